The number of halogens is 1. The summed E-state index contributed by atoms with van der Waals surface area (Å²) in [5.41, 5.74) is 1.48. The highest BCUT2D eigenvalue weighted by Gasteiger charge is 2.25. The maximum atomic E-state index is 12.9. The molecule has 2 aromatic carbocycles. The molecular weight excluding hydrogens is 516 g/mol. The van der Waals surface area contributed by atoms with E-state index in [2.05, 4.69) is 30.7 Å². The van der Waals surface area contributed by atoms with Crippen molar-refractivity contribution in [1.29, 1.82) is 0 Å². The quantitative estimate of drug-likeness (QED) is 0.310. The lowest BCUT2D eigenvalue weighted by Crippen LogP contribution is -2.44. The summed E-state index contributed by atoms with van der Waals surface area (Å²) in [6.45, 7) is 2.01. The van der Waals surface area contributed by atoms with Crippen LogP contribution in [0.1, 0.15) is 25.3 Å². The molecule has 0 aliphatic heterocycles. The minimum absolute atomic E-state index is 0.0941. The molecule has 2 N–H and O–H groups in total. The van der Waals surface area contributed by atoms with Gasteiger partial charge in [-0.05, 0) is 66.3 Å². The van der Waals surface area contributed by atoms with Gasteiger partial charge in [0.15, 0.2) is 0 Å². The van der Waals surface area contributed by atoms with Gasteiger partial charge in [0.2, 0.25) is 15.9 Å². The molecule has 0 aliphatic rings. The van der Waals surface area contributed by atoms with E-state index in [1.807, 2.05) is 19.1 Å². The van der Waals surface area contributed by atoms with Crippen LogP contribution in [0.15, 0.2) is 57.9 Å². The SMILES string of the molecule is CCSCCC(NS(=O)(=O)c1ccc(Br)cc1)C(=O)Nc1ccc(CCC(=O)OC)cc1. The molecular formula is C22H27BrN2O5S2. The summed E-state index contributed by atoms with van der Waals surface area (Å²) in [5.74, 6) is 0.808. The molecule has 1 amide bonds. The average molecular weight is 544 g/mol. The fourth-order valence-electron chi connectivity index (χ4n) is 2.79. The molecule has 2 rings (SSSR count). The minimum Gasteiger partial charge on any atom is -0.469 e. The summed E-state index contributed by atoms with van der Waals surface area (Å²) in [5, 5.41) is 2.78. The van der Waals surface area contributed by atoms with Gasteiger partial charge >= 0.3 is 5.97 Å². The van der Waals surface area contributed by atoms with E-state index in [4.69, 9.17) is 0 Å². The third-order valence-electron chi connectivity index (χ3n) is 4.56. The third kappa shape index (κ3) is 8.57. The Bertz CT molecular complexity index is 996. The van der Waals surface area contributed by atoms with E-state index < -0.39 is 22.0 Å². The molecule has 0 saturated carbocycles. The normalized spacial score (nSPS) is 12.2. The molecule has 7 nitrogen and oxygen atoms in total. The lowest BCUT2D eigenvalue weighted by molar-refractivity contribution is -0.140. The van der Waals surface area contributed by atoms with Gasteiger partial charge in [-0.2, -0.15) is 16.5 Å². The van der Waals surface area contributed by atoms with Gasteiger partial charge in [-0.3, -0.25) is 9.59 Å². The maximum absolute atomic E-state index is 12.9. The van der Waals surface area contributed by atoms with Crippen LogP contribution in [0.4, 0.5) is 5.69 Å². The van der Waals surface area contributed by atoms with E-state index >= 15 is 0 Å². The van der Waals surface area contributed by atoms with Crippen molar-refractivity contribution in [2.24, 2.45) is 0 Å². The molecule has 0 aromatic heterocycles. The molecule has 0 aliphatic carbocycles. The van der Waals surface area contributed by atoms with Crippen LogP contribution in [-0.2, 0) is 30.8 Å². The second-order valence-corrected chi connectivity index (χ2v) is 10.9. The number of rotatable bonds is 12. The molecule has 0 fully saturated rings. The fraction of sp³-hybridized carbons (Fsp3) is 0.364. The molecule has 0 bridgehead atoms. The molecule has 1 atom stereocenters. The van der Waals surface area contributed by atoms with Gasteiger partial charge in [-0.25, -0.2) is 8.42 Å². The van der Waals surface area contributed by atoms with E-state index in [1.165, 1.54) is 19.2 Å². The minimum atomic E-state index is -3.86. The van der Waals surface area contributed by atoms with Gasteiger partial charge in [0.05, 0.1) is 12.0 Å². The largest absolute Gasteiger partial charge is 0.469 e. The first-order chi connectivity index (χ1) is 15.2. The second-order valence-electron chi connectivity index (χ2n) is 6.88. The van der Waals surface area contributed by atoms with Crippen molar-refractivity contribution >= 4 is 55.3 Å². The number of aryl methyl sites for hydroxylation is 1. The van der Waals surface area contributed by atoms with E-state index in [0.717, 1.165) is 15.8 Å². The zero-order chi connectivity index (χ0) is 23.6. The number of carbonyl (C=O) groups is 2. The number of sulfonamides is 1. The summed E-state index contributed by atoms with van der Waals surface area (Å²) in [6, 6.07) is 12.4. The molecule has 1 unspecified atom stereocenters. The summed E-state index contributed by atoms with van der Waals surface area (Å²) in [7, 11) is -2.51. The Balaban J connectivity index is 2.08. The molecule has 2 aromatic rings. The first-order valence-corrected chi connectivity index (χ1v) is 13.5. The molecule has 0 saturated heterocycles. The number of esters is 1. The zero-order valence-electron chi connectivity index (χ0n) is 18.0. The standard InChI is InChI=1S/C22H27BrN2O5S2/c1-3-31-15-14-20(25-32(28,29)19-11-7-17(23)8-12-19)22(27)24-18-9-4-16(5-10-18)6-13-21(26)30-2/h4-5,7-12,20,25H,3,6,13-15H2,1-2H3,(H,24,27). The van der Waals surface area contributed by atoms with Crippen LogP contribution in [-0.4, -0.2) is 45.0 Å². The number of carbonyl (C=O) groups excluding carboxylic acids is 2. The van der Waals surface area contributed by atoms with Gasteiger partial charge in [0.25, 0.3) is 0 Å². The Morgan fingerprint density at radius 1 is 1.09 bits per heavy atom. The van der Waals surface area contributed by atoms with E-state index in [-0.39, 0.29) is 17.3 Å². The number of nitrogens with one attached hydrogen (secondary N) is 2. The van der Waals surface area contributed by atoms with Crippen molar-refractivity contribution in [2.75, 3.05) is 23.9 Å². The zero-order valence-corrected chi connectivity index (χ0v) is 21.2. The number of hydrogen-bond acceptors (Lipinski definition) is 6. The van der Waals surface area contributed by atoms with Crippen molar-refractivity contribution in [3.63, 3.8) is 0 Å². The summed E-state index contributed by atoms with van der Waals surface area (Å²) >= 11 is 4.92. The third-order valence-corrected chi connectivity index (χ3v) is 7.51. The van der Waals surface area contributed by atoms with Crippen molar-refractivity contribution in [1.82, 2.24) is 4.72 Å². The Labute approximate surface area is 201 Å². The van der Waals surface area contributed by atoms with Crippen molar-refractivity contribution < 1.29 is 22.7 Å². The Hall–Kier alpha value is -1.88. The first kappa shape index (κ1) is 26.4. The van der Waals surface area contributed by atoms with Crippen LogP contribution >= 0.6 is 27.7 Å². The first-order valence-electron chi connectivity index (χ1n) is 10.1. The molecule has 0 spiro atoms. The summed E-state index contributed by atoms with van der Waals surface area (Å²) in [4.78, 5) is 24.3. The average Bonchev–Trinajstić information content (AvgIpc) is 2.78. The molecule has 0 radical (unpaired) electrons. The van der Waals surface area contributed by atoms with Crippen LogP contribution < -0.4 is 10.0 Å². The van der Waals surface area contributed by atoms with Crippen molar-refractivity contribution in [2.45, 2.75) is 37.1 Å². The Kier molecular flexibility index (Phi) is 10.7. The highest BCUT2D eigenvalue weighted by molar-refractivity contribution is 9.10. The van der Waals surface area contributed by atoms with E-state index in [1.54, 1.807) is 36.0 Å². The predicted molar refractivity (Wildman–Crippen MR) is 131 cm³/mol. The highest BCUT2D eigenvalue weighted by atomic mass is 79.9. The van der Waals surface area contributed by atoms with Gasteiger partial charge in [0.1, 0.15) is 6.04 Å². The summed E-state index contributed by atoms with van der Waals surface area (Å²) in [6.07, 6.45) is 1.17. The van der Waals surface area contributed by atoms with Gasteiger partial charge in [0, 0.05) is 16.6 Å². The molecule has 0 heterocycles. The van der Waals surface area contributed by atoms with Crippen LogP contribution in [0.3, 0.4) is 0 Å². The van der Waals surface area contributed by atoms with Gasteiger partial charge in [-0.1, -0.05) is 35.0 Å². The van der Waals surface area contributed by atoms with Gasteiger partial charge < -0.3 is 10.1 Å². The van der Waals surface area contributed by atoms with Crippen LogP contribution in [0.25, 0.3) is 0 Å². The number of thioether (sulfide) groups is 1. The smallest absolute Gasteiger partial charge is 0.305 e. The lowest BCUT2D eigenvalue weighted by Gasteiger charge is -2.19. The number of methoxy groups -OCH3 is 1. The van der Waals surface area contributed by atoms with Crippen LogP contribution in [0.5, 0.6) is 0 Å². The number of benzene rings is 2. The Morgan fingerprint density at radius 2 is 1.75 bits per heavy atom. The predicted octanol–water partition coefficient (Wildman–Crippen LogP) is 3.98. The van der Waals surface area contributed by atoms with Crippen molar-refractivity contribution in [3.05, 3.63) is 58.6 Å². The molecule has 32 heavy (non-hydrogen) atoms. The maximum Gasteiger partial charge on any atom is 0.305 e. The Morgan fingerprint density at radius 3 is 2.34 bits per heavy atom. The summed E-state index contributed by atoms with van der Waals surface area (Å²) < 4.78 is 33.5. The van der Waals surface area contributed by atoms with E-state index in [0.29, 0.717) is 24.3 Å². The monoisotopic (exact) mass is 542 g/mol. The topological polar surface area (TPSA) is 102 Å². The second kappa shape index (κ2) is 13.0. The lowest BCUT2D eigenvalue weighted by atomic mass is 10.1. The number of hydrogen-bond donors (Lipinski definition) is 2. The highest BCUT2D eigenvalue weighted by Crippen LogP contribution is 2.17. The fourth-order valence-corrected chi connectivity index (χ4v) is 4.98. The van der Waals surface area contributed by atoms with E-state index in [9.17, 15) is 18.0 Å². The number of ether oxygens (including phenoxy) is 1. The van der Waals surface area contributed by atoms with Crippen LogP contribution in [0, 0.1) is 0 Å². The van der Waals surface area contributed by atoms with Gasteiger partial charge in [-0.15, -0.1) is 0 Å². The molecule has 174 valence electrons. The van der Waals surface area contributed by atoms with Crippen LogP contribution in [0.2, 0.25) is 0 Å². The molecule has 10 heteroatoms. The number of anilines is 1. The number of amides is 1. The van der Waals surface area contributed by atoms with Crippen molar-refractivity contribution in [3.8, 4) is 0 Å².